The molecule has 15 heteroatoms. The number of amides is 2. The van der Waals surface area contributed by atoms with Gasteiger partial charge in [-0.3, -0.25) is 14.2 Å². The Morgan fingerprint density at radius 2 is 1.73 bits per heavy atom. The molecule has 6 N–H and O–H groups in total. The Bertz CT molecular complexity index is 1740. The number of fused-ring (bicyclic) bond motifs is 1. The number of hydrogen-bond donors (Lipinski definition) is 5. The lowest BCUT2D eigenvalue weighted by molar-refractivity contribution is -0.142. The van der Waals surface area contributed by atoms with Crippen molar-refractivity contribution >= 4 is 58.0 Å². The molecule has 0 spiro atoms. The number of nitrogens with one attached hydrogen (secondary N) is 2. The van der Waals surface area contributed by atoms with E-state index in [2.05, 4.69) is 10.6 Å². The van der Waals surface area contributed by atoms with Gasteiger partial charge in [-0.05, 0) is 55.8 Å². The molecule has 1 atom stereocenters. The Labute approximate surface area is 268 Å². The van der Waals surface area contributed by atoms with Crippen molar-refractivity contribution < 1.29 is 24.6 Å². The van der Waals surface area contributed by atoms with Crippen molar-refractivity contribution in [2.24, 2.45) is 5.73 Å². The van der Waals surface area contributed by atoms with Gasteiger partial charge in [-0.25, -0.2) is 19.7 Å². The van der Waals surface area contributed by atoms with E-state index in [1.54, 1.807) is 34.9 Å². The van der Waals surface area contributed by atoms with Crippen molar-refractivity contribution in [3.8, 4) is 17.1 Å². The summed E-state index contributed by atoms with van der Waals surface area (Å²) in [5.41, 5.74) is 7.03. The Morgan fingerprint density at radius 1 is 1.04 bits per heavy atom. The second kappa shape index (κ2) is 13.4. The number of hydrogen-bond acceptors (Lipinski definition) is 9. The molecule has 0 bridgehead atoms. The number of nitrogens with zero attached hydrogens (tertiary/aromatic N) is 5. The van der Waals surface area contributed by atoms with Gasteiger partial charge in [-0.1, -0.05) is 42.3 Å². The molecule has 1 aliphatic rings. The van der Waals surface area contributed by atoms with E-state index < -0.39 is 36.0 Å². The van der Waals surface area contributed by atoms with E-state index in [4.69, 9.17) is 43.9 Å². The van der Waals surface area contributed by atoms with E-state index in [1.807, 2.05) is 30.0 Å². The van der Waals surface area contributed by atoms with Crippen LogP contribution in [0.15, 0.2) is 48.5 Å². The molecule has 236 valence electrons. The molecule has 1 saturated heterocycles. The number of likely N-dealkylation sites (N-methyl/N-ethyl adjacent to an activating group) is 1. The first-order chi connectivity index (χ1) is 21.6. The van der Waals surface area contributed by atoms with Gasteiger partial charge in [0.05, 0.1) is 18.1 Å². The topological polar surface area (TPSA) is 189 Å². The minimum atomic E-state index is -1.48. The lowest BCUT2D eigenvalue weighted by atomic mass is 9.86. The predicted octanol–water partition coefficient (Wildman–Crippen LogP) is 2.33. The number of aliphatic hydroxyl groups excluding tert-OH is 1. The molecule has 0 saturated carbocycles. The summed E-state index contributed by atoms with van der Waals surface area (Å²) in [6, 6.07) is 12.8. The van der Waals surface area contributed by atoms with Crippen LogP contribution >= 0.6 is 23.2 Å². The molecule has 1 aliphatic heterocycles. The second-order valence-corrected chi connectivity index (χ2v) is 11.5. The molecule has 0 aliphatic carbocycles. The normalized spacial score (nSPS) is 15.2. The minimum absolute atomic E-state index is 0.0938. The summed E-state index contributed by atoms with van der Waals surface area (Å²) >= 11 is 12.9. The highest BCUT2D eigenvalue weighted by Gasteiger charge is 2.40. The van der Waals surface area contributed by atoms with Crippen molar-refractivity contribution in [3.05, 3.63) is 64.4 Å². The van der Waals surface area contributed by atoms with Gasteiger partial charge in [-0.2, -0.15) is 0 Å². The van der Waals surface area contributed by atoms with Crippen LogP contribution in [0.5, 0.6) is 0 Å². The van der Waals surface area contributed by atoms with Gasteiger partial charge in [0.1, 0.15) is 23.2 Å². The SMILES string of the molecule is CCNC1(C(N)=O)CCN(c2nc(CC(=O)NC(CO)C(=O)O)nc3c2nc(-c2ccccc2Cl)n3-c2ccc(Cl)cc2)CC1. The standard InChI is InChI=1S/C30H32Cl2N8O5/c1-2-34-30(29(33)45)11-13-39(14-12-30)26-24-27(37-22(36-26)15-23(42)35-21(16-41)28(43)44)40(18-9-7-17(31)8-10-18)25(38-24)19-5-3-4-6-20(19)32/h3-10,21,34,41H,2,11-16H2,1H3,(H2,33,45)(H,35,42)(H,43,44). The van der Waals surface area contributed by atoms with Crippen molar-refractivity contribution in [1.29, 1.82) is 0 Å². The van der Waals surface area contributed by atoms with Gasteiger partial charge in [0.2, 0.25) is 11.8 Å². The van der Waals surface area contributed by atoms with E-state index >= 15 is 0 Å². The summed E-state index contributed by atoms with van der Waals surface area (Å²) in [6.45, 7) is 2.49. The number of aliphatic hydroxyl groups is 1. The van der Waals surface area contributed by atoms with E-state index in [1.165, 1.54) is 0 Å². The van der Waals surface area contributed by atoms with Gasteiger partial charge in [-0.15, -0.1) is 0 Å². The molecule has 3 heterocycles. The maximum Gasteiger partial charge on any atom is 0.328 e. The van der Waals surface area contributed by atoms with Gasteiger partial charge < -0.3 is 31.5 Å². The predicted molar refractivity (Wildman–Crippen MR) is 170 cm³/mol. The number of anilines is 1. The lowest BCUT2D eigenvalue weighted by Gasteiger charge is -2.40. The van der Waals surface area contributed by atoms with E-state index in [9.17, 15) is 24.6 Å². The molecule has 45 heavy (non-hydrogen) atoms. The van der Waals surface area contributed by atoms with Crippen molar-refractivity contribution in [2.45, 2.75) is 37.8 Å². The average molecular weight is 656 g/mol. The fourth-order valence-corrected chi connectivity index (χ4v) is 5.81. The molecule has 2 amide bonds. The van der Waals surface area contributed by atoms with Crippen LogP contribution in [0.4, 0.5) is 5.82 Å². The number of primary amides is 1. The van der Waals surface area contributed by atoms with Crippen molar-refractivity contribution in [3.63, 3.8) is 0 Å². The van der Waals surface area contributed by atoms with E-state index in [-0.39, 0.29) is 12.2 Å². The maximum absolute atomic E-state index is 12.9. The molecule has 0 radical (unpaired) electrons. The van der Waals surface area contributed by atoms with Crippen LogP contribution in [0.1, 0.15) is 25.6 Å². The molecule has 2 aromatic carbocycles. The smallest absolute Gasteiger partial charge is 0.328 e. The molecule has 1 unspecified atom stereocenters. The zero-order valence-corrected chi connectivity index (χ0v) is 25.8. The minimum Gasteiger partial charge on any atom is -0.480 e. The number of halogens is 2. The monoisotopic (exact) mass is 654 g/mol. The molecule has 1 fully saturated rings. The van der Waals surface area contributed by atoms with Gasteiger partial charge in [0.15, 0.2) is 17.0 Å². The van der Waals surface area contributed by atoms with E-state index in [0.29, 0.717) is 76.6 Å². The number of carbonyl (C=O) groups is 3. The summed E-state index contributed by atoms with van der Waals surface area (Å²) in [6.07, 6.45) is 0.434. The molecule has 13 nitrogen and oxygen atoms in total. The number of benzene rings is 2. The third-order valence-electron chi connectivity index (χ3n) is 7.77. The number of aliphatic carboxylic acids is 1. The summed E-state index contributed by atoms with van der Waals surface area (Å²) in [5.74, 6) is -1.51. The number of imidazole rings is 1. The van der Waals surface area contributed by atoms with Crippen LogP contribution in [0.2, 0.25) is 10.0 Å². The Balaban J connectivity index is 1.68. The van der Waals surface area contributed by atoms with Crippen molar-refractivity contribution in [2.75, 3.05) is 31.1 Å². The average Bonchev–Trinajstić information content (AvgIpc) is 3.39. The Kier molecular flexibility index (Phi) is 9.53. The fraction of sp³-hybridized carbons (Fsp3) is 0.333. The summed E-state index contributed by atoms with van der Waals surface area (Å²) in [4.78, 5) is 53.2. The van der Waals surface area contributed by atoms with Crippen LogP contribution in [-0.4, -0.2) is 85.3 Å². The number of rotatable bonds is 11. The molecule has 5 rings (SSSR count). The van der Waals surface area contributed by atoms with Crippen LogP contribution in [0, 0.1) is 0 Å². The zero-order valence-electron chi connectivity index (χ0n) is 24.3. The van der Waals surface area contributed by atoms with Gasteiger partial charge in [0, 0.05) is 29.4 Å². The summed E-state index contributed by atoms with van der Waals surface area (Å²) in [5, 5.41) is 25.2. The third-order valence-corrected chi connectivity index (χ3v) is 8.35. The van der Waals surface area contributed by atoms with Gasteiger partial charge >= 0.3 is 5.97 Å². The number of carboxylic acids is 1. The number of aromatic nitrogens is 4. The zero-order chi connectivity index (χ0) is 32.3. The van der Waals surface area contributed by atoms with Crippen LogP contribution in [-0.2, 0) is 20.8 Å². The Hall–Kier alpha value is -4.30. The highest BCUT2D eigenvalue weighted by atomic mass is 35.5. The largest absolute Gasteiger partial charge is 0.480 e. The lowest BCUT2D eigenvalue weighted by Crippen LogP contribution is -2.61. The first-order valence-electron chi connectivity index (χ1n) is 14.3. The number of carbonyl (C=O) groups excluding carboxylic acids is 2. The third kappa shape index (κ3) is 6.57. The van der Waals surface area contributed by atoms with Crippen LogP contribution in [0.3, 0.4) is 0 Å². The van der Waals surface area contributed by atoms with Gasteiger partial charge in [0.25, 0.3) is 0 Å². The van der Waals surface area contributed by atoms with Crippen LogP contribution in [0.25, 0.3) is 28.2 Å². The maximum atomic E-state index is 12.9. The first-order valence-corrected chi connectivity index (χ1v) is 15.1. The van der Waals surface area contributed by atoms with Crippen LogP contribution < -0.4 is 21.3 Å². The summed E-state index contributed by atoms with van der Waals surface area (Å²) < 4.78 is 1.80. The number of carboxylic acid groups (broad SMARTS) is 1. The van der Waals surface area contributed by atoms with E-state index in [0.717, 1.165) is 0 Å². The molecular weight excluding hydrogens is 623 g/mol. The molecule has 4 aromatic rings. The first kappa shape index (κ1) is 32.1. The highest BCUT2D eigenvalue weighted by molar-refractivity contribution is 6.33. The Morgan fingerprint density at radius 3 is 2.33 bits per heavy atom. The quantitative estimate of drug-likeness (QED) is 0.160. The number of piperidine rings is 1. The summed E-state index contributed by atoms with van der Waals surface area (Å²) in [7, 11) is 0. The second-order valence-electron chi connectivity index (χ2n) is 10.6. The molecule has 2 aromatic heterocycles. The highest BCUT2D eigenvalue weighted by Crippen LogP contribution is 2.36. The molecular formula is C30H32Cl2N8O5. The van der Waals surface area contributed by atoms with Crippen molar-refractivity contribution in [1.82, 2.24) is 30.2 Å². The number of nitrogens with two attached hydrogens (primary N) is 1. The fourth-order valence-electron chi connectivity index (χ4n) is 5.47.